The number of fused-ring (bicyclic) bond motifs is 21. The Bertz CT molecular complexity index is 4000. The molecule has 0 saturated heterocycles. The second-order valence-electron chi connectivity index (χ2n) is 18.2. The number of para-hydroxylation sites is 1. The van der Waals surface area contributed by atoms with E-state index >= 15 is 0 Å². The number of nitriles is 1. The molecule has 2 spiro atoms. The Hall–Kier alpha value is -8.14. The molecule has 68 heavy (non-hydrogen) atoms. The number of thiophene rings is 1. The number of hydrogen-bond donors (Lipinski definition) is 0. The van der Waals surface area contributed by atoms with Crippen LogP contribution < -0.4 is 9.64 Å². The lowest BCUT2D eigenvalue weighted by molar-refractivity contribution is 0.436. The third-order valence-corrected chi connectivity index (χ3v) is 17.3. The Balaban J connectivity index is 1.04. The lowest BCUT2D eigenvalue weighted by Crippen LogP contribution is -2.32. The first-order valence-corrected chi connectivity index (χ1v) is 24.7. The molecule has 316 valence electrons. The topological polar surface area (TPSA) is 36.3 Å². The second kappa shape index (κ2) is 13.9. The highest BCUT2D eigenvalue weighted by Crippen LogP contribution is 2.65. The molecule has 0 radical (unpaired) electrons. The first-order valence-electron chi connectivity index (χ1n) is 23.0. The summed E-state index contributed by atoms with van der Waals surface area (Å²) in [7, 11) is 0. The van der Waals surface area contributed by atoms with Gasteiger partial charge in [-0.1, -0.05) is 151 Å². The number of hydrogen-bond acceptors (Lipinski definition) is 5. The Labute approximate surface area is 401 Å². The molecule has 0 bridgehead atoms. The molecule has 3 heterocycles. The Morgan fingerprint density at radius 1 is 0.412 bits per heavy atom. The van der Waals surface area contributed by atoms with Crippen LogP contribution in [0.15, 0.2) is 228 Å². The molecule has 11 aromatic rings. The fourth-order valence-corrected chi connectivity index (χ4v) is 14.8. The molecule has 5 heteroatoms. The fraction of sp³-hybridized carbons (Fsp3) is 0.0317. The van der Waals surface area contributed by atoms with Gasteiger partial charge in [0.2, 0.25) is 0 Å². The molecular formula is C63H36N2OS2. The zero-order valence-electron chi connectivity index (χ0n) is 36.4. The summed E-state index contributed by atoms with van der Waals surface area (Å²) >= 11 is 3.71. The molecule has 1 aromatic heterocycles. The van der Waals surface area contributed by atoms with Crippen molar-refractivity contribution in [3.8, 4) is 39.8 Å². The van der Waals surface area contributed by atoms with Gasteiger partial charge < -0.3 is 9.64 Å². The van der Waals surface area contributed by atoms with Gasteiger partial charge in [-0.2, -0.15) is 5.26 Å². The van der Waals surface area contributed by atoms with E-state index in [1.54, 1.807) is 0 Å². The van der Waals surface area contributed by atoms with Crippen molar-refractivity contribution in [3.63, 3.8) is 0 Å². The monoisotopic (exact) mass is 900 g/mol. The number of nitrogens with zero attached hydrogens (tertiary/aromatic N) is 2. The molecular weight excluding hydrogens is 865 g/mol. The first kappa shape index (κ1) is 38.0. The highest BCUT2D eigenvalue weighted by molar-refractivity contribution is 7.99. The molecule has 2 aliphatic carbocycles. The summed E-state index contributed by atoms with van der Waals surface area (Å²) in [6.07, 6.45) is 0. The van der Waals surface area contributed by atoms with E-state index in [0.29, 0.717) is 5.56 Å². The third-order valence-electron chi connectivity index (χ3n) is 15.0. The average Bonchev–Trinajstić information content (AvgIpc) is 4.03. The van der Waals surface area contributed by atoms with Crippen LogP contribution in [0.2, 0.25) is 0 Å². The van der Waals surface area contributed by atoms with Crippen molar-refractivity contribution >= 4 is 60.3 Å². The van der Waals surface area contributed by atoms with Gasteiger partial charge in [-0.15, -0.1) is 11.3 Å². The summed E-state index contributed by atoms with van der Waals surface area (Å²) in [5.41, 5.74) is 17.1. The third kappa shape index (κ3) is 4.83. The van der Waals surface area contributed by atoms with Crippen molar-refractivity contribution in [3.05, 3.63) is 268 Å². The average molecular weight is 901 g/mol. The second-order valence-corrected chi connectivity index (χ2v) is 20.3. The quantitative estimate of drug-likeness (QED) is 0.177. The van der Waals surface area contributed by atoms with Crippen LogP contribution in [0.5, 0.6) is 11.5 Å². The first-order chi connectivity index (χ1) is 33.7. The minimum absolute atomic E-state index is 0.538. The Morgan fingerprint density at radius 2 is 0.971 bits per heavy atom. The van der Waals surface area contributed by atoms with Gasteiger partial charge in [0.1, 0.15) is 11.5 Å². The van der Waals surface area contributed by atoms with Gasteiger partial charge in [-0.25, -0.2) is 0 Å². The maximum absolute atomic E-state index is 10.2. The van der Waals surface area contributed by atoms with E-state index in [4.69, 9.17) is 4.74 Å². The van der Waals surface area contributed by atoms with Gasteiger partial charge in [-0.3, -0.25) is 0 Å². The van der Waals surface area contributed by atoms with Crippen molar-refractivity contribution in [2.45, 2.75) is 20.6 Å². The van der Waals surface area contributed by atoms with E-state index in [-0.39, 0.29) is 0 Å². The van der Waals surface area contributed by atoms with Crippen molar-refractivity contribution in [2.24, 2.45) is 0 Å². The molecule has 0 amide bonds. The minimum atomic E-state index is -0.718. The molecule has 2 aliphatic heterocycles. The molecule has 3 nitrogen and oxygen atoms in total. The van der Waals surface area contributed by atoms with E-state index in [9.17, 15) is 5.26 Å². The van der Waals surface area contributed by atoms with E-state index in [1.165, 1.54) is 68.9 Å². The summed E-state index contributed by atoms with van der Waals surface area (Å²) in [6.45, 7) is 0. The molecule has 0 unspecified atom stereocenters. The normalized spacial score (nSPS) is 15.9. The smallest absolute Gasteiger partial charge is 0.132 e. The fourth-order valence-electron chi connectivity index (χ4n) is 12.5. The van der Waals surface area contributed by atoms with Gasteiger partial charge in [0.15, 0.2) is 0 Å². The van der Waals surface area contributed by atoms with Crippen molar-refractivity contribution < 1.29 is 4.74 Å². The number of ether oxygens (including phenoxy) is 1. The van der Waals surface area contributed by atoms with Crippen LogP contribution in [-0.4, -0.2) is 0 Å². The van der Waals surface area contributed by atoms with Crippen LogP contribution in [0.4, 0.5) is 17.1 Å². The summed E-state index contributed by atoms with van der Waals surface area (Å²) in [5, 5.41) is 12.7. The maximum Gasteiger partial charge on any atom is 0.132 e. The van der Waals surface area contributed by atoms with Gasteiger partial charge in [-0.05, 0) is 134 Å². The molecule has 0 N–H and O–H groups in total. The highest BCUT2D eigenvalue weighted by Gasteiger charge is 2.52. The van der Waals surface area contributed by atoms with Crippen LogP contribution in [-0.2, 0) is 10.8 Å². The Kier molecular flexibility index (Phi) is 7.80. The van der Waals surface area contributed by atoms with Gasteiger partial charge in [0.05, 0.1) is 28.2 Å². The SMILES string of the molecule is N#Cc1ccc2c(c1)-c1ccccc1[C@@]21c2ccccc2Oc2ccc(N(c3ccc4c(c3)C3(c5ccccc5S4)c4ccccc4-c4ccccc43)c3cccc4sc5ccccc5c34)cc21. The van der Waals surface area contributed by atoms with E-state index in [1.807, 2.05) is 29.2 Å². The molecule has 0 saturated carbocycles. The van der Waals surface area contributed by atoms with Crippen molar-refractivity contribution in [2.75, 3.05) is 4.90 Å². The molecule has 4 aliphatic rings. The molecule has 10 aromatic carbocycles. The van der Waals surface area contributed by atoms with E-state index in [0.717, 1.165) is 56.4 Å². The predicted molar refractivity (Wildman–Crippen MR) is 278 cm³/mol. The van der Waals surface area contributed by atoms with Gasteiger partial charge in [0.25, 0.3) is 0 Å². The lowest BCUT2D eigenvalue weighted by Gasteiger charge is -2.41. The van der Waals surface area contributed by atoms with Crippen LogP contribution in [0, 0.1) is 11.3 Å². The predicted octanol–water partition coefficient (Wildman–Crippen LogP) is 16.7. The van der Waals surface area contributed by atoms with Crippen molar-refractivity contribution in [1.82, 2.24) is 0 Å². The summed E-state index contributed by atoms with van der Waals surface area (Å²) < 4.78 is 9.47. The summed E-state index contributed by atoms with van der Waals surface area (Å²) in [4.78, 5) is 5.04. The standard InChI is InChI=1S/C63H36N2OS2/c64-37-38-28-31-49-45(34-38)43-16-3-7-20-48(43)62(49)50-21-8-10-24-55(50)66-56-32-29-39(35-52(56)62)65(54-23-13-27-60-61(54)44-17-4-11-25-57(44)67-60)40-30-33-59-53(36-40)63(51-22-9-12-26-58(51)68-59)46-18-5-1-14-41(46)42-15-2-6-19-47(42)63/h1-36H/t62-/m0/s1. The number of benzene rings is 10. The lowest BCUT2D eigenvalue weighted by atomic mass is 9.66. The van der Waals surface area contributed by atoms with Crippen LogP contribution in [0.25, 0.3) is 42.4 Å². The van der Waals surface area contributed by atoms with Crippen LogP contribution >= 0.6 is 23.1 Å². The van der Waals surface area contributed by atoms with Gasteiger partial charge in [0, 0.05) is 52.5 Å². The van der Waals surface area contributed by atoms with Crippen LogP contribution in [0.3, 0.4) is 0 Å². The Morgan fingerprint density at radius 3 is 1.74 bits per heavy atom. The maximum atomic E-state index is 10.2. The zero-order chi connectivity index (χ0) is 44.7. The molecule has 15 rings (SSSR count). The summed E-state index contributed by atoms with van der Waals surface area (Å²) in [5.74, 6) is 1.65. The summed E-state index contributed by atoms with van der Waals surface area (Å²) in [6, 6.07) is 82.6. The minimum Gasteiger partial charge on any atom is -0.457 e. The van der Waals surface area contributed by atoms with Gasteiger partial charge >= 0.3 is 0 Å². The molecule has 0 fully saturated rings. The van der Waals surface area contributed by atoms with E-state index < -0.39 is 10.8 Å². The van der Waals surface area contributed by atoms with E-state index in [2.05, 4.69) is 223 Å². The zero-order valence-corrected chi connectivity index (χ0v) is 38.0. The largest absolute Gasteiger partial charge is 0.457 e. The van der Waals surface area contributed by atoms with Crippen LogP contribution in [0.1, 0.15) is 50.1 Å². The molecule has 1 atom stereocenters. The van der Waals surface area contributed by atoms with Crippen molar-refractivity contribution in [1.29, 1.82) is 5.26 Å². The number of rotatable bonds is 3. The number of anilines is 3. The highest BCUT2D eigenvalue weighted by atomic mass is 32.2.